The molecule has 9 heteroatoms. The number of thiophene rings is 1. The lowest BCUT2D eigenvalue weighted by Crippen LogP contribution is -3.00. The number of fused-ring (bicyclic) bond motifs is 2. The number of carbonyl (C=O) groups excluding carboxylic acids is 2. The first-order valence-corrected chi connectivity index (χ1v) is 11.9. The highest BCUT2D eigenvalue weighted by molar-refractivity contribution is 7.17. The molecule has 0 saturated heterocycles. The number of hydrogen-bond acceptors (Lipinski definition) is 3. The third-order valence-electron chi connectivity index (χ3n) is 5.92. The van der Waals surface area contributed by atoms with Gasteiger partial charge in [-0.2, -0.15) is 0 Å². The van der Waals surface area contributed by atoms with Gasteiger partial charge in [-0.3, -0.25) is 10.1 Å². The summed E-state index contributed by atoms with van der Waals surface area (Å²) in [6.45, 7) is 7.30. The number of rotatable bonds is 5. The molecule has 1 atom stereocenters. The number of halogens is 2. The Hall–Kier alpha value is -1.88. The standard InChI is InChI=1S/C24H27ClN4O2S.HI/c1-14(2)12-29(3)11-10-17-20(13-29)32-23(21(17)22(26)30)28-24(31)27-19-9-8-18(25)15-6-4-5-7-16(15)19;/h4-9,14H,10-13H2,1-3H3,(H3-,26,27,28,30,31);1H. The molecular formula is C24H28ClIN4O2S. The zero-order valence-electron chi connectivity index (χ0n) is 18.9. The zero-order valence-corrected chi connectivity index (χ0v) is 22.6. The van der Waals surface area contributed by atoms with Gasteiger partial charge in [-0.15, -0.1) is 11.3 Å². The molecule has 2 heterocycles. The molecule has 2 aromatic carbocycles. The van der Waals surface area contributed by atoms with Crippen LogP contribution in [0.15, 0.2) is 36.4 Å². The number of likely N-dealkylation sites (N-methyl/N-ethyl adjacent to an activating group) is 1. The minimum Gasteiger partial charge on any atom is -1.00 e. The van der Waals surface area contributed by atoms with E-state index in [1.807, 2.05) is 24.3 Å². The zero-order chi connectivity index (χ0) is 23.0. The third-order valence-corrected chi connectivity index (χ3v) is 7.38. The molecule has 1 aliphatic rings. The Labute approximate surface area is 220 Å². The van der Waals surface area contributed by atoms with Crippen LogP contribution >= 0.6 is 22.9 Å². The highest BCUT2D eigenvalue weighted by Gasteiger charge is 2.35. The van der Waals surface area contributed by atoms with E-state index in [1.54, 1.807) is 12.1 Å². The molecule has 1 unspecified atom stereocenters. The molecule has 0 radical (unpaired) electrons. The molecule has 1 aromatic heterocycles. The predicted molar refractivity (Wildman–Crippen MR) is 133 cm³/mol. The summed E-state index contributed by atoms with van der Waals surface area (Å²) in [7, 11) is 2.25. The molecule has 33 heavy (non-hydrogen) atoms. The van der Waals surface area contributed by atoms with E-state index in [4.69, 9.17) is 17.3 Å². The number of nitrogens with one attached hydrogen (secondary N) is 2. The minimum absolute atomic E-state index is 0. The number of anilines is 2. The molecule has 0 fully saturated rings. The second kappa shape index (κ2) is 10.2. The van der Waals surface area contributed by atoms with Gasteiger partial charge >= 0.3 is 6.03 Å². The van der Waals surface area contributed by atoms with Crippen molar-refractivity contribution in [2.45, 2.75) is 26.8 Å². The Balaban J connectivity index is 0.00000306. The van der Waals surface area contributed by atoms with Crippen molar-refractivity contribution in [1.82, 2.24) is 0 Å². The van der Waals surface area contributed by atoms with Gasteiger partial charge in [0.05, 0.1) is 36.3 Å². The SMILES string of the molecule is CC(C)C[N+]1(C)CCc2c(sc(NC(=O)Nc3ccc(Cl)c4ccccc34)c2C(N)=O)C1.[I-]. The summed E-state index contributed by atoms with van der Waals surface area (Å²) in [5, 5.41) is 8.60. The molecule has 6 nitrogen and oxygen atoms in total. The number of quaternary nitrogens is 1. The average molecular weight is 599 g/mol. The number of benzene rings is 2. The van der Waals surface area contributed by atoms with Crippen molar-refractivity contribution >= 4 is 56.3 Å². The largest absolute Gasteiger partial charge is 1.00 e. The van der Waals surface area contributed by atoms with Gasteiger partial charge in [0.25, 0.3) is 5.91 Å². The van der Waals surface area contributed by atoms with Crippen LogP contribution in [0.1, 0.15) is 34.6 Å². The van der Waals surface area contributed by atoms with Crippen LogP contribution < -0.4 is 40.3 Å². The minimum atomic E-state index is -0.505. The van der Waals surface area contributed by atoms with E-state index >= 15 is 0 Å². The quantitative estimate of drug-likeness (QED) is 0.312. The molecule has 3 aromatic rings. The maximum Gasteiger partial charge on any atom is 0.324 e. The first kappa shape index (κ1) is 25.7. The van der Waals surface area contributed by atoms with E-state index in [2.05, 4.69) is 31.5 Å². The Morgan fingerprint density at radius 2 is 1.85 bits per heavy atom. The number of amides is 3. The molecule has 4 rings (SSSR count). The maximum atomic E-state index is 12.9. The van der Waals surface area contributed by atoms with Crippen LogP contribution in [0.4, 0.5) is 15.5 Å². The van der Waals surface area contributed by atoms with E-state index in [9.17, 15) is 9.59 Å². The molecule has 0 bridgehead atoms. The normalized spacial score (nSPS) is 17.4. The van der Waals surface area contributed by atoms with Gasteiger partial charge in [0.15, 0.2) is 0 Å². The molecule has 176 valence electrons. The van der Waals surface area contributed by atoms with Crippen LogP contribution in [0, 0.1) is 5.92 Å². The van der Waals surface area contributed by atoms with Gasteiger partial charge in [-0.05, 0) is 17.7 Å². The van der Waals surface area contributed by atoms with Gasteiger partial charge in [-0.1, -0.05) is 49.7 Å². The monoisotopic (exact) mass is 598 g/mol. The first-order chi connectivity index (χ1) is 15.2. The summed E-state index contributed by atoms with van der Waals surface area (Å²) in [6, 6.07) is 10.7. The van der Waals surface area contributed by atoms with Crippen molar-refractivity contribution in [3.63, 3.8) is 0 Å². The second-order valence-electron chi connectivity index (χ2n) is 9.12. The van der Waals surface area contributed by atoms with Crippen molar-refractivity contribution < 1.29 is 38.0 Å². The van der Waals surface area contributed by atoms with Gasteiger partial charge in [0.2, 0.25) is 0 Å². The van der Waals surface area contributed by atoms with Crippen LogP contribution in [0.2, 0.25) is 5.02 Å². The molecule has 1 aliphatic heterocycles. The smallest absolute Gasteiger partial charge is 0.324 e. The van der Waals surface area contributed by atoms with E-state index in [0.717, 1.165) is 51.8 Å². The number of nitrogens with zero attached hydrogens (tertiary/aromatic N) is 1. The van der Waals surface area contributed by atoms with Gasteiger partial charge < -0.3 is 39.5 Å². The summed E-state index contributed by atoms with van der Waals surface area (Å²) >= 11 is 7.74. The van der Waals surface area contributed by atoms with Crippen molar-refractivity contribution in [1.29, 1.82) is 0 Å². The lowest BCUT2D eigenvalue weighted by Gasteiger charge is -2.39. The fourth-order valence-electron chi connectivity index (χ4n) is 4.73. The van der Waals surface area contributed by atoms with Crippen LogP contribution in [0.5, 0.6) is 0 Å². The summed E-state index contributed by atoms with van der Waals surface area (Å²) in [5.74, 6) is 0.0735. The van der Waals surface area contributed by atoms with Crippen LogP contribution in [-0.2, 0) is 13.0 Å². The van der Waals surface area contributed by atoms with Crippen molar-refractivity contribution in [3.8, 4) is 0 Å². The molecule has 0 saturated carbocycles. The molecular weight excluding hydrogens is 571 g/mol. The Kier molecular flexibility index (Phi) is 7.93. The molecule has 0 spiro atoms. The summed E-state index contributed by atoms with van der Waals surface area (Å²) < 4.78 is 0.922. The summed E-state index contributed by atoms with van der Waals surface area (Å²) in [4.78, 5) is 26.3. The highest BCUT2D eigenvalue weighted by Crippen LogP contribution is 2.39. The first-order valence-electron chi connectivity index (χ1n) is 10.7. The van der Waals surface area contributed by atoms with Crippen LogP contribution in [-0.4, -0.2) is 36.6 Å². The van der Waals surface area contributed by atoms with Gasteiger partial charge in [-0.25, -0.2) is 4.79 Å². The Bertz CT molecular complexity index is 1210. The third kappa shape index (κ3) is 5.45. The van der Waals surface area contributed by atoms with E-state index in [1.165, 1.54) is 11.3 Å². The fraction of sp³-hybridized carbons (Fsp3) is 0.333. The second-order valence-corrected chi connectivity index (χ2v) is 10.6. The summed E-state index contributed by atoms with van der Waals surface area (Å²) in [5.41, 5.74) is 7.79. The number of nitrogens with two attached hydrogens (primary N) is 1. The number of urea groups is 1. The molecule has 0 aliphatic carbocycles. The van der Waals surface area contributed by atoms with Gasteiger partial charge in [0.1, 0.15) is 11.5 Å². The fourth-order valence-corrected chi connectivity index (χ4v) is 6.37. The lowest BCUT2D eigenvalue weighted by atomic mass is 9.99. The molecule has 4 N–H and O–H groups in total. The number of carbonyl (C=O) groups is 2. The van der Waals surface area contributed by atoms with E-state index < -0.39 is 11.9 Å². The van der Waals surface area contributed by atoms with Gasteiger partial charge in [0, 0.05) is 28.1 Å². The number of primary amides is 1. The maximum absolute atomic E-state index is 12.9. The highest BCUT2D eigenvalue weighted by atomic mass is 127. The Morgan fingerprint density at radius 3 is 2.52 bits per heavy atom. The van der Waals surface area contributed by atoms with Crippen LogP contribution in [0.3, 0.4) is 0 Å². The van der Waals surface area contributed by atoms with E-state index in [-0.39, 0.29) is 24.0 Å². The molecule has 3 amide bonds. The van der Waals surface area contributed by atoms with Crippen molar-refractivity contribution in [3.05, 3.63) is 57.4 Å². The van der Waals surface area contributed by atoms with E-state index in [0.29, 0.717) is 27.2 Å². The van der Waals surface area contributed by atoms with Crippen molar-refractivity contribution in [2.24, 2.45) is 11.7 Å². The Morgan fingerprint density at radius 1 is 1.15 bits per heavy atom. The van der Waals surface area contributed by atoms with Crippen LogP contribution in [0.25, 0.3) is 10.8 Å². The topological polar surface area (TPSA) is 84.2 Å². The predicted octanol–water partition coefficient (Wildman–Crippen LogP) is 2.46. The number of hydrogen-bond donors (Lipinski definition) is 3. The lowest BCUT2D eigenvalue weighted by molar-refractivity contribution is -0.926. The van der Waals surface area contributed by atoms with Crippen molar-refractivity contribution in [2.75, 3.05) is 30.8 Å². The average Bonchev–Trinajstić information content (AvgIpc) is 3.06. The summed E-state index contributed by atoms with van der Waals surface area (Å²) in [6.07, 6.45) is 0.776.